The molecule has 0 aliphatic heterocycles. The fourth-order valence-corrected chi connectivity index (χ4v) is 2.42. The molecule has 0 amide bonds. The van der Waals surface area contributed by atoms with E-state index >= 15 is 0 Å². The molecule has 20 heavy (non-hydrogen) atoms. The van der Waals surface area contributed by atoms with Gasteiger partial charge in [-0.1, -0.05) is 50.2 Å². The van der Waals surface area contributed by atoms with Crippen LogP contribution in [0.2, 0.25) is 0 Å². The molecule has 102 valence electrons. The summed E-state index contributed by atoms with van der Waals surface area (Å²) >= 11 is 0. The van der Waals surface area contributed by atoms with Crippen molar-refractivity contribution < 1.29 is 4.42 Å². The summed E-state index contributed by atoms with van der Waals surface area (Å²) in [6, 6.07) is 18.2. The molecule has 1 atom stereocenters. The van der Waals surface area contributed by atoms with Gasteiger partial charge in [-0.05, 0) is 35.2 Å². The first kappa shape index (κ1) is 12.9. The summed E-state index contributed by atoms with van der Waals surface area (Å²) < 4.78 is 5.89. The molecule has 2 N–H and O–H groups in total. The Labute approximate surface area is 119 Å². The lowest BCUT2D eigenvalue weighted by Crippen LogP contribution is -2.10. The van der Waals surface area contributed by atoms with Crippen molar-refractivity contribution in [2.24, 2.45) is 5.73 Å². The summed E-state index contributed by atoms with van der Waals surface area (Å²) in [7, 11) is 0. The Hall–Kier alpha value is -2.06. The van der Waals surface area contributed by atoms with Crippen LogP contribution in [0.3, 0.4) is 0 Å². The molecular weight excluding hydrogens is 246 g/mol. The Morgan fingerprint density at radius 1 is 0.900 bits per heavy atom. The van der Waals surface area contributed by atoms with Gasteiger partial charge in [-0.2, -0.15) is 0 Å². The van der Waals surface area contributed by atoms with Gasteiger partial charge in [0.25, 0.3) is 0 Å². The molecule has 3 aromatic rings. The van der Waals surface area contributed by atoms with Gasteiger partial charge in [0, 0.05) is 5.39 Å². The Bertz CT molecular complexity index is 713. The fourth-order valence-electron chi connectivity index (χ4n) is 2.42. The van der Waals surface area contributed by atoms with E-state index in [1.165, 1.54) is 5.56 Å². The molecule has 2 aromatic carbocycles. The minimum atomic E-state index is -0.217. The monoisotopic (exact) mass is 265 g/mol. The maximum atomic E-state index is 6.28. The van der Waals surface area contributed by atoms with Crippen LogP contribution in [0, 0.1) is 0 Å². The third-order valence-electron chi connectivity index (χ3n) is 3.69. The van der Waals surface area contributed by atoms with Crippen LogP contribution in [0.5, 0.6) is 0 Å². The Morgan fingerprint density at radius 2 is 1.65 bits per heavy atom. The number of furan rings is 1. The molecule has 2 nitrogen and oxygen atoms in total. The van der Waals surface area contributed by atoms with Crippen molar-refractivity contribution in [3.63, 3.8) is 0 Å². The summed E-state index contributed by atoms with van der Waals surface area (Å²) in [5, 5.41) is 1.12. The normalized spacial score (nSPS) is 13.0. The van der Waals surface area contributed by atoms with Crippen molar-refractivity contribution in [2.45, 2.75) is 25.8 Å². The molecule has 0 fully saturated rings. The van der Waals surface area contributed by atoms with Gasteiger partial charge in [0.2, 0.25) is 0 Å². The van der Waals surface area contributed by atoms with Crippen LogP contribution in [-0.2, 0) is 0 Å². The van der Waals surface area contributed by atoms with Gasteiger partial charge in [0.15, 0.2) is 0 Å². The highest BCUT2D eigenvalue weighted by atomic mass is 16.3. The van der Waals surface area contributed by atoms with E-state index in [1.54, 1.807) is 0 Å². The zero-order valence-corrected chi connectivity index (χ0v) is 11.8. The average Bonchev–Trinajstić information content (AvgIpc) is 2.90. The molecule has 0 bridgehead atoms. The molecular formula is C18H19NO. The SMILES string of the molecule is CC(C)c1ccc2oc(C(N)c3ccccc3)cc2c1. The van der Waals surface area contributed by atoms with Gasteiger partial charge < -0.3 is 10.2 Å². The standard InChI is InChI=1S/C18H19NO/c1-12(2)14-8-9-16-15(10-14)11-17(20-16)18(19)13-6-4-3-5-7-13/h3-12,18H,19H2,1-2H3. The minimum Gasteiger partial charge on any atom is -0.459 e. The van der Waals surface area contributed by atoms with E-state index in [4.69, 9.17) is 10.2 Å². The van der Waals surface area contributed by atoms with Crippen molar-refractivity contribution in [2.75, 3.05) is 0 Å². The Kier molecular flexibility index (Phi) is 3.33. The lowest BCUT2D eigenvalue weighted by molar-refractivity contribution is 0.525. The first-order chi connectivity index (χ1) is 9.65. The fraction of sp³-hybridized carbons (Fsp3) is 0.222. The second-order valence-electron chi connectivity index (χ2n) is 5.49. The molecule has 1 unspecified atom stereocenters. The van der Waals surface area contributed by atoms with Gasteiger partial charge >= 0.3 is 0 Å². The molecule has 1 aromatic heterocycles. The van der Waals surface area contributed by atoms with Crippen LogP contribution in [0.1, 0.15) is 42.7 Å². The first-order valence-corrected chi connectivity index (χ1v) is 6.99. The third-order valence-corrected chi connectivity index (χ3v) is 3.69. The number of rotatable bonds is 3. The van der Waals surface area contributed by atoms with Gasteiger partial charge in [-0.15, -0.1) is 0 Å². The Balaban J connectivity index is 2.00. The maximum absolute atomic E-state index is 6.28. The predicted molar refractivity (Wildman–Crippen MR) is 82.8 cm³/mol. The molecule has 0 aliphatic carbocycles. The molecule has 0 saturated heterocycles. The van der Waals surface area contributed by atoms with Crippen molar-refractivity contribution in [1.29, 1.82) is 0 Å². The second kappa shape index (κ2) is 5.14. The van der Waals surface area contributed by atoms with Crippen LogP contribution in [0.15, 0.2) is 59.0 Å². The van der Waals surface area contributed by atoms with Crippen LogP contribution in [-0.4, -0.2) is 0 Å². The number of benzene rings is 2. The zero-order chi connectivity index (χ0) is 14.1. The van der Waals surface area contributed by atoms with E-state index in [1.807, 2.05) is 36.4 Å². The highest BCUT2D eigenvalue weighted by Gasteiger charge is 2.14. The Morgan fingerprint density at radius 3 is 2.35 bits per heavy atom. The van der Waals surface area contributed by atoms with Crippen molar-refractivity contribution in [3.05, 3.63) is 71.5 Å². The number of hydrogen-bond donors (Lipinski definition) is 1. The van der Waals surface area contributed by atoms with E-state index in [-0.39, 0.29) is 6.04 Å². The lowest BCUT2D eigenvalue weighted by atomic mass is 10.0. The summed E-state index contributed by atoms with van der Waals surface area (Å²) in [6.45, 7) is 4.38. The second-order valence-corrected chi connectivity index (χ2v) is 5.49. The van der Waals surface area contributed by atoms with Gasteiger partial charge in [0.1, 0.15) is 11.3 Å². The highest BCUT2D eigenvalue weighted by molar-refractivity contribution is 5.79. The summed E-state index contributed by atoms with van der Waals surface area (Å²) in [5.41, 5.74) is 9.57. The summed E-state index contributed by atoms with van der Waals surface area (Å²) in [6.07, 6.45) is 0. The van der Waals surface area contributed by atoms with E-state index in [9.17, 15) is 0 Å². The zero-order valence-electron chi connectivity index (χ0n) is 11.8. The van der Waals surface area contributed by atoms with E-state index < -0.39 is 0 Å². The summed E-state index contributed by atoms with van der Waals surface area (Å²) in [5.74, 6) is 1.33. The largest absolute Gasteiger partial charge is 0.459 e. The van der Waals surface area contributed by atoms with E-state index in [0.717, 1.165) is 22.3 Å². The van der Waals surface area contributed by atoms with Crippen LogP contribution in [0.25, 0.3) is 11.0 Å². The molecule has 0 aliphatic rings. The van der Waals surface area contributed by atoms with Crippen molar-refractivity contribution in [3.8, 4) is 0 Å². The molecule has 0 saturated carbocycles. The van der Waals surface area contributed by atoms with E-state index in [2.05, 4.69) is 32.0 Å². The smallest absolute Gasteiger partial charge is 0.134 e. The number of fused-ring (bicyclic) bond motifs is 1. The van der Waals surface area contributed by atoms with Crippen LogP contribution in [0.4, 0.5) is 0 Å². The van der Waals surface area contributed by atoms with Gasteiger partial charge in [0.05, 0.1) is 6.04 Å². The lowest BCUT2D eigenvalue weighted by Gasteiger charge is -2.07. The molecule has 3 rings (SSSR count). The van der Waals surface area contributed by atoms with E-state index in [0.29, 0.717) is 5.92 Å². The van der Waals surface area contributed by atoms with Crippen LogP contribution < -0.4 is 5.73 Å². The quantitative estimate of drug-likeness (QED) is 0.751. The topological polar surface area (TPSA) is 39.2 Å². The molecule has 2 heteroatoms. The molecule has 0 radical (unpaired) electrons. The highest BCUT2D eigenvalue weighted by Crippen LogP contribution is 2.28. The van der Waals surface area contributed by atoms with Gasteiger partial charge in [-0.3, -0.25) is 0 Å². The van der Waals surface area contributed by atoms with Crippen LogP contribution >= 0.6 is 0 Å². The maximum Gasteiger partial charge on any atom is 0.134 e. The van der Waals surface area contributed by atoms with Crippen molar-refractivity contribution >= 4 is 11.0 Å². The molecule has 0 spiro atoms. The van der Waals surface area contributed by atoms with Gasteiger partial charge in [-0.25, -0.2) is 0 Å². The third kappa shape index (κ3) is 2.35. The minimum absolute atomic E-state index is 0.217. The van der Waals surface area contributed by atoms with Crippen molar-refractivity contribution in [1.82, 2.24) is 0 Å². The number of nitrogens with two attached hydrogens (primary N) is 1. The predicted octanol–water partition coefficient (Wildman–Crippen LogP) is 4.60. The number of hydrogen-bond acceptors (Lipinski definition) is 2. The first-order valence-electron chi connectivity index (χ1n) is 6.99. The molecule has 1 heterocycles. The average molecular weight is 265 g/mol. The summed E-state index contributed by atoms with van der Waals surface area (Å²) in [4.78, 5) is 0.